The number of aromatic nitrogens is 1. The van der Waals surface area contributed by atoms with Crippen LogP contribution in [0.4, 0.5) is 0 Å². The lowest BCUT2D eigenvalue weighted by Crippen LogP contribution is -2.03. The number of rotatable bonds is 3. The minimum absolute atomic E-state index is 0.269. The fourth-order valence-electron chi connectivity index (χ4n) is 2.18. The minimum Gasteiger partial charge on any atom is -0.478 e. The third-order valence-corrected chi connectivity index (χ3v) is 3.04. The molecule has 1 aliphatic rings. The quantitative estimate of drug-likeness (QED) is 0.824. The van der Waals surface area contributed by atoms with Gasteiger partial charge in [-0.3, -0.25) is 4.98 Å². The van der Waals surface area contributed by atoms with E-state index in [-0.39, 0.29) is 5.56 Å². The second-order valence-corrected chi connectivity index (χ2v) is 4.20. The van der Waals surface area contributed by atoms with Gasteiger partial charge in [0.25, 0.3) is 0 Å². The Hall–Kier alpha value is -1.38. The van der Waals surface area contributed by atoms with Crippen LogP contribution in [0.2, 0.25) is 0 Å². The Bertz CT molecular complexity index is 339. The predicted octanol–water partition coefficient (Wildman–Crippen LogP) is 2.51. The highest BCUT2D eigenvalue weighted by molar-refractivity contribution is 5.87. The molecule has 0 amide bonds. The summed E-state index contributed by atoms with van der Waals surface area (Å²) in [7, 11) is 0. The molecule has 0 radical (unpaired) electrons. The van der Waals surface area contributed by atoms with Gasteiger partial charge in [-0.2, -0.15) is 0 Å². The maximum atomic E-state index is 10.6. The summed E-state index contributed by atoms with van der Waals surface area (Å²) in [4.78, 5) is 14.8. The summed E-state index contributed by atoms with van der Waals surface area (Å²) < 4.78 is 0. The first-order valence-corrected chi connectivity index (χ1v) is 5.44. The van der Waals surface area contributed by atoms with Crippen LogP contribution in [0.25, 0.3) is 0 Å². The Labute approximate surface area is 89.2 Å². The molecule has 0 saturated heterocycles. The van der Waals surface area contributed by atoms with E-state index in [4.69, 9.17) is 5.11 Å². The molecule has 0 aliphatic heterocycles. The van der Waals surface area contributed by atoms with Crippen LogP contribution in [0.15, 0.2) is 18.3 Å². The van der Waals surface area contributed by atoms with E-state index in [2.05, 4.69) is 4.98 Å². The zero-order valence-corrected chi connectivity index (χ0v) is 8.65. The first-order chi connectivity index (χ1) is 7.25. The molecule has 1 N–H and O–H groups in total. The fraction of sp³-hybridized carbons (Fsp3) is 0.500. The van der Waals surface area contributed by atoms with Gasteiger partial charge in [0.2, 0.25) is 0 Å². The third kappa shape index (κ3) is 2.55. The van der Waals surface area contributed by atoms with Crippen molar-refractivity contribution >= 4 is 5.97 Å². The summed E-state index contributed by atoms with van der Waals surface area (Å²) in [5.74, 6) is -0.150. The topological polar surface area (TPSA) is 50.2 Å². The highest BCUT2D eigenvalue weighted by Crippen LogP contribution is 2.27. The molecular weight excluding hydrogens is 190 g/mol. The van der Waals surface area contributed by atoms with Crippen LogP contribution in [0.1, 0.15) is 41.7 Å². The molecule has 2 rings (SSSR count). The Morgan fingerprint density at radius 2 is 2.13 bits per heavy atom. The van der Waals surface area contributed by atoms with E-state index in [1.165, 1.54) is 31.9 Å². The Morgan fingerprint density at radius 3 is 2.67 bits per heavy atom. The summed E-state index contributed by atoms with van der Waals surface area (Å²) in [6, 6.07) is 3.47. The SMILES string of the molecule is O=C(O)c1ccc(CC2CCCC2)nc1. The molecule has 15 heavy (non-hydrogen) atoms. The average Bonchev–Trinajstić information content (AvgIpc) is 2.71. The van der Waals surface area contributed by atoms with Gasteiger partial charge in [-0.25, -0.2) is 4.79 Å². The largest absolute Gasteiger partial charge is 0.478 e. The maximum absolute atomic E-state index is 10.6. The number of hydrogen-bond acceptors (Lipinski definition) is 2. The second-order valence-electron chi connectivity index (χ2n) is 4.20. The van der Waals surface area contributed by atoms with Crippen molar-refractivity contribution < 1.29 is 9.90 Å². The first kappa shape index (κ1) is 10.1. The Kier molecular flexibility index (Phi) is 2.99. The van der Waals surface area contributed by atoms with Gasteiger partial charge in [-0.15, -0.1) is 0 Å². The van der Waals surface area contributed by atoms with Crippen molar-refractivity contribution in [2.75, 3.05) is 0 Å². The van der Waals surface area contributed by atoms with Crippen molar-refractivity contribution in [3.8, 4) is 0 Å². The predicted molar refractivity (Wildman–Crippen MR) is 56.9 cm³/mol. The molecule has 0 unspecified atom stereocenters. The van der Waals surface area contributed by atoms with Crippen LogP contribution in [-0.4, -0.2) is 16.1 Å². The lowest BCUT2D eigenvalue weighted by Gasteiger charge is -2.07. The molecule has 0 bridgehead atoms. The van der Waals surface area contributed by atoms with Crippen LogP contribution in [0.5, 0.6) is 0 Å². The molecule has 3 nitrogen and oxygen atoms in total. The van der Waals surface area contributed by atoms with E-state index < -0.39 is 5.97 Å². The van der Waals surface area contributed by atoms with Crippen LogP contribution >= 0.6 is 0 Å². The summed E-state index contributed by atoms with van der Waals surface area (Å²) >= 11 is 0. The van der Waals surface area contributed by atoms with Gasteiger partial charge < -0.3 is 5.11 Å². The molecule has 1 aliphatic carbocycles. The first-order valence-electron chi connectivity index (χ1n) is 5.44. The van der Waals surface area contributed by atoms with E-state index >= 15 is 0 Å². The lowest BCUT2D eigenvalue weighted by atomic mass is 10.0. The smallest absolute Gasteiger partial charge is 0.337 e. The normalized spacial score (nSPS) is 16.8. The van der Waals surface area contributed by atoms with E-state index in [0.717, 1.165) is 18.0 Å². The summed E-state index contributed by atoms with van der Waals surface area (Å²) in [5.41, 5.74) is 1.29. The Balaban J connectivity index is 2.00. The van der Waals surface area contributed by atoms with Crippen molar-refractivity contribution in [1.29, 1.82) is 0 Å². The molecule has 1 aromatic rings. The molecule has 1 heterocycles. The number of pyridine rings is 1. The molecule has 1 aromatic heterocycles. The van der Waals surface area contributed by atoms with Crippen molar-refractivity contribution in [2.45, 2.75) is 32.1 Å². The molecule has 1 fully saturated rings. The van der Waals surface area contributed by atoms with Gasteiger partial charge in [0.1, 0.15) is 0 Å². The monoisotopic (exact) mass is 205 g/mol. The fourth-order valence-corrected chi connectivity index (χ4v) is 2.18. The van der Waals surface area contributed by atoms with Gasteiger partial charge in [-0.05, 0) is 24.5 Å². The van der Waals surface area contributed by atoms with E-state index in [1.807, 2.05) is 6.07 Å². The molecule has 0 aromatic carbocycles. The average molecular weight is 205 g/mol. The Morgan fingerprint density at radius 1 is 1.40 bits per heavy atom. The minimum atomic E-state index is -0.907. The highest BCUT2D eigenvalue weighted by atomic mass is 16.4. The molecule has 1 saturated carbocycles. The van der Waals surface area contributed by atoms with Gasteiger partial charge in [0.15, 0.2) is 0 Å². The second kappa shape index (κ2) is 4.43. The third-order valence-electron chi connectivity index (χ3n) is 3.04. The van der Waals surface area contributed by atoms with Crippen LogP contribution in [0.3, 0.4) is 0 Å². The molecule has 0 atom stereocenters. The molecule has 0 spiro atoms. The number of carbonyl (C=O) groups is 1. The zero-order valence-electron chi connectivity index (χ0n) is 8.65. The number of aromatic carboxylic acids is 1. The number of hydrogen-bond donors (Lipinski definition) is 1. The highest BCUT2D eigenvalue weighted by Gasteiger charge is 2.16. The zero-order chi connectivity index (χ0) is 10.7. The van der Waals surface area contributed by atoms with E-state index in [1.54, 1.807) is 6.07 Å². The summed E-state index contributed by atoms with van der Waals surface area (Å²) in [6.45, 7) is 0. The van der Waals surface area contributed by atoms with Crippen LogP contribution < -0.4 is 0 Å². The number of nitrogens with zero attached hydrogens (tertiary/aromatic N) is 1. The van der Waals surface area contributed by atoms with Crippen molar-refractivity contribution in [3.63, 3.8) is 0 Å². The van der Waals surface area contributed by atoms with Crippen LogP contribution in [0, 0.1) is 5.92 Å². The van der Waals surface area contributed by atoms with Gasteiger partial charge in [-0.1, -0.05) is 25.7 Å². The molecule has 3 heteroatoms. The number of carboxylic acid groups (broad SMARTS) is 1. The summed E-state index contributed by atoms with van der Waals surface area (Å²) in [6.07, 6.45) is 7.70. The van der Waals surface area contributed by atoms with Crippen molar-refractivity contribution in [1.82, 2.24) is 4.98 Å². The lowest BCUT2D eigenvalue weighted by molar-refractivity contribution is 0.0696. The maximum Gasteiger partial charge on any atom is 0.337 e. The standard InChI is InChI=1S/C12H15NO2/c14-12(15)10-5-6-11(13-8-10)7-9-3-1-2-4-9/h5-6,8-9H,1-4,7H2,(H,14,15). The van der Waals surface area contributed by atoms with E-state index in [0.29, 0.717) is 0 Å². The summed E-state index contributed by atoms with van der Waals surface area (Å²) in [5, 5.41) is 8.72. The van der Waals surface area contributed by atoms with Crippen molar-refractivity contribution in [2.24, 2.45) is 5.92 Å². The molecular formula is C12H15NO2. The number of carboxylic acids is 1. The molecule has 80 valence electrons. The van der Waals surface area contributed by atoms with E-state index in [9.17, 15) is 4.79 Å². The van der Waals surface area contributed by atoms with Crippen LogP contribution in [-0.2, 0) is 6.42 Å². The van der Waals surface area contributed by atoms with Gasteiger partial charge in [0.05, 0.1) is 5.56 Å². The van der Waals surface area contributed by atoms with Gasteiger partial charge in [0, 0.05) is 11.9 Å². The van der Waals surface area contributed by atoms with Gasteiger partial charge >= 0.3 is 5.97 Å². The van der Waals surface area contributed by atoms with Crippen molar-refractivity contribution in [3.05, 3.63) is 29.6 Å².